The number of hydrogen-bond donors (Lipinski definition) is 2. The highest BCUT2D eigenvalue weighted by molar-refractivity contribution is 6.30. The second kappa shape index (κ2) is 8.20. The van der Waals surface area contributed by atoms with Crippen molar-refractivity contribution in [3.63, 3.8) is 0 Å². The molecule has 1 aromatic rings. The Kier molecular flexibility index (Phi) is 6.27. The van der Waals surface area contributed by atoms with Crippen molar-refractivity contribution >= 4 is 23.6 Å². The average Bonchev–Trinajstić information content (AvgIpc) is 2.52. The first-order valence-electron chi connectivity index (χ1n) is 7.51. The molecule has 2 unspecified atom stereocenters. The maximum atomic E-state index is 11.8. The lowest BCUT2D eigenvalue weighted by Gasteiger charge is -2.30. The van der Waals surface area contributed by atoms with E-state index in [2.05, 4.69) is 5.32 Å². The monoisotopic (exact) mass is 307 g/mol. The van der Waals surface area contributed by atoms with Crippen molar-refractivity contribution < 1.29 is 9.90 Å². The predicted molar refractivity (Wildman–Crippen MR) is 86.0 cm³/mol. The minimum Gasteiger partial charge on any atom is -0.396 e. The summed E-state index contributed by atoms with van der Waals surface area (Å²) in [6, 6.07) is 7.34. The molecule has 2 N–H and O–H groups in total. The number of hydrogen-bond acceptors (Lipinski definition) is 2. The van der Waals surface area contributed by atoms with Crippen LogP contribution >= 0.6 is 11.6 Å². The molecular formula is C17H22ClNO2. The SMILES string of the molecule is O=C(C=Cc1ccc(Cl)cc1)NCC1CCCCC1CO. The average molecular weight is 308 g/mol. The van der Waals surface area contributed by atoms with Gasteiger partial charge in [0.2, 0.25) is 5.91 Å². The third kappa shape index (κ3) is 5.18. The fraction of sp³-hybridized carbons (Fsp3) is 0.471. The molecule has 1 aromatic carbocycles. The number of carbonyl (C=O) groups is 1. The van der Waals surface area contributed by atoms with Crippen LogP contribution in [0, 0.1) is 11.8 Å². The van der Waals surface area contributed by atoms with Crippen molar-refractivity contribution in [1.29, 1.82) is 0 Å². The minimum atomic E-state index is -0.0905. The lowest BCUT2D eigenvalue weighted by Crippen LogP contribution is -2.34. The number of aliphatic hydroxyl groups is 1. The van der Waals surface area contributed by atoms with Gasteiger partial charge in [0.05, 0.1) is 0 Å². The standard InChI is InChI=1S/C17H22ClNO2/c18-16-8-5-13(6-9-16)7-10-17(21)19-11-14-3-1-2-4-15(14)12-20/h5-10,14-15,20H,1-4,11-12H2,(H,19,21). The van der Waals surface area contributed by atoms with Crippen LogP contribution in [0.1, 0.15) is 31.2 Å². The topological polar surface area (TPSA) is 49.3 Å². The Bertz CT molecular complexity index is 484. The van der Waals surface area contributed by atoms with E-state index in [-0.39, 0.29) is 12.5 Å². The molecule has 114 valence electrons. The first-order valence-corrected chi connectivity index (χ1v) is 7.89. The Morgan fingerprint density at radius 3 is 2.57 bits per heavy atom. The van der Waals surface area contributed by atoms with Crippen molar-refractivity contribution in [2.75, 3.05) is 13.2 Å². The van der Waals surface area contributed by atoms with E-state index in [0.717, 1.165) is 18.4 Å². The van der Waals surface area contributed by atoms with Gasteiger partial charge in [-0.05, 0) is 48.4 Å². The van der Waals surface area contributed by atoms with Crippen LogP contribution in [0.15, 0.2) is 30.3 Å². The summed E-state index contributed by atoms with van der Waals surface area (Å²) in [5.74, 6) is 0.642. The number of nitrogens with one attached hydrogen (secondary N) is 1. The van der Waals surface area contributed by atoms with Crippen LogP contribution in [-0.4, -0.2) is 24.2 Å². The zero-order chi connectivity index (χ0) is 15.1. The van der Waals surface area contributed by atoms with Crippen LogP contribution in [-0.2, 0) is 4.79 Å². The number of rotatable bonds is 5. The fourth-order valence-electron chi connectivity index (χ4n) is 2.83. The third-order valence-electron chi connectivity index (χ3n) is 4.14. The highest BCUT2D eigenvalue weighted by Crippen LogP contribution is 2.29. The van der Waals surface area contributed by atoms with Crippen molar-refractivity contribution in [3.8, 4) is 0 Å². The number of carbonyl (C=O) groups excluding carboxylic acids is 1. The molecule has 3 nitrogen and oxygen atoms in total. The molecule has 0 aromatic heterocycles. The zero-order valence-corrected chi connectivity index (χ0v) is 12.9. The Hall–Kier alpha value is -1.32. The number of aliphatic hydroxyl groups excluding tert-OH is 1. The summed E-state index contributed by atoms with van der Waals surface area (Å²) in [4.78, 5) is 11.8. The van der Waals surface area contributed by atoms with Crippen molar-refractivity contribution in [2.24, 2.45) is 11.8 Å². The molecule has 0 bridgehead atoms. The van der Waals surface area contributed by atoms with Crippen molar-refractivity contribution in [2.45, 2.75) is 25.7 Å². The van der Waals surface area contributed by atoms with E-state index in [4.69, 9.17) is 11.6 Å². The normalized spacial score (nSPS) is 22.4. The molecule has 2 rings (SSSR count). The molecule has 0 spiro atoms. The lowest BCUT2D eigenvalue weighted by atomic mass is 9.79. The summed E-state index contributed by atoms with van der Waals surface area (Å²) < 4.78 is 0. The summed E-state index contributed by atoms with van der Waals surface area (Å²) in [6.45, 7) is 0.871. The van der Waals surface area contributed by atoms with Gasteiger partial charge in [0.1, 0.15) is 0 Å². The molecule has 1 aliphatic carbocycles. The molecular weight excluding hydrogens is 286 g/mol. The Morgan fingerprint density at radius 2 is 1.90 bits per heavy atom. The van der Waals surface area contributed by atoms with Gasteiger partial charge < -0.3 is 10.4 Å². The quantitative estimate of drug-likeness (QED) is 0.820. The Labute approximate surface area is 131 Å². The van der Waals surface area contributed by atoms with E-state index in [0.29, 0.717) is 23.4 Å². The van der Waals surface area contributed by atoms with Gasteiger partial charge in [-0.2, -0.15) is 0 Å². The number of halogens is 1. The van der Waals surface area contributed by atoms with Crippen molar-refractivity contribution in [3.05, 3.63) is 40.9 Å². The molecule has 0 saturated heterocycles. The highest BCUT2D eigenvalue weighted by atomic mass is 35.5. The molecule has 1 aliphatic rings. The van der Waals surface area contributed by atoms with Gasteiger partial charge in [-0.1, -0.05) is 36.6 Å². The maximum absolute atomic E-state index is 11.8. The molecule has 21 heavy (non-hydrogen) atoms. The number of benzene rings is 1. The Morgan fingerprint density at radius 1 is 1.24 bits per heavy atom. The van der Waals surface area contributed by atoms with Crippen LogP contribution in [0.5, 0.6) is 0 Å². The van der Waals surface area contributed by atoms with E-state index in [1.807, 2.05) is 12.1 Å². The predicted octanol–water partition coefficient (Wildman–Crippen LogP) is 3.27. The first kappa shape index (κ1) is 16.1. The summed E-state index contributed by atoms with van der Waals surface area (Å²) in [5.41, 5.74) is 0.945. The van der Waals surface area contributed by atoms with Gasteiger partial charge in [0.25, 0.3) is 0 Å². The van der Waals surface area contributed by atoms with Gasteiger partial charge in [-0.15, -0.1) is 0 Å². The number of amides is 1. The molecule has 0 aliphatic heterocycles. The van der Waals surface area contributed by atoms with Crippen LogP contribution in [0.25, 0.3) is 6.08 Å². The van der Waals surface area contributed by atoms with Gasteiger partial charge in [0.15, 0.2) is 0 Å². The molecule has 1 saturated carbocycles. The van der Waals surface area contributed by atoms with Crippen LogP contribution < -0.4 is 5.32 Å². The minimum absolute atomic E-state index is 0.0905. The van der Waals surface area contributed by atoms with E-state index in [1.54, 1.807) is 24.3 Å². The Balaban J connectivity index is 1.80. The third-order valence-corrected chi connectivity index (χ3v) is 4.39. The second-order valence-electron chi connectivity index (χ2n) is 5.62. The first-order chi connectivity index (χ1) is 10.2. The molecule has 0 heterocycles. The summed E-state index contributed by atoms with van der Waals surface area (Å²) >= 11 is 5.81. The van der Waals surface area contributed by atoms with Gasteiger partial charge in [-0.3, -0.25) is 4.79 Å². The maximum Gasteiger partial charge on any atom is 0.244 e. The van der Waals surface area contributed by atoms with E-state index in [9.17, 15) is 9.90 Å². The molecule has 1 amide bonds. The summed E-state index contributed by atoms with van der Waals surface area (Å²) in [7, 11) is 0. The van der Waals surface area contributed by atoms with Gasteiger partial charge >= 0.3 is 0 Å². The zero-order valence-electron chi connectivity index (χ0n) is 12.1. The summed E-state index contributed by atoms with van der Waals surface area (Å²) in [6.07, 6.45) is 7.85. The molecule has 1 fully saturated rings. The lowest BCUT2D eigenvalue weighted by molar-refractivity contribution is -0.116. The molecule has 0 radical (unpaired) electrons. The largest absolute Gasteiger partial charge is 0.396 e. The second-order valence-corrected chi connectivity index (χ2v) is 6.05. The van der Waals surface area contributed by atoms with E-state index >= 15 is 0 Å². The fourth-order valence-corrected chi connectivity index (χ4v) is 2.96. The van der Waals surface area contributed by atoms with E-state index < -0.39 is 0 Å². The van der Waals surface area contributed by atoms with Gasteiger partial charge in [-0.25, -0.2) is 0 Å². The van der Waals surface area contributed by atoms with Crippen LogP contribution in [0.2, 0.25) is 5.02 Å². The van der Waals surface area contributed by atoms with Crippen molar-refractivity contribution in [1.82, 2.24) is 5.32 Å². The van der Waals surface area contributed by atoms with Crippen LogP contribution in [0.3, 0.4) is 0 Å². The molecule has 2 atom stereocenters. The van der Waals surface area contributed by atoms with Gasteiger partial charge in [0, 0.05) is 24.3 Å². The summed E-state index contributed by atoms with van der Waals surface area (Å²) in [5, 5.41) is 13.0. The smallest absolute Gasteiger partial charge is 0.244 e. The highest BCUT2D eigenvalue weighted by Gasteiger charge is 2.24. The van der Waals surface area contributed by atoms with Crippen LogP contribution in [0.4, 0.5) is 0 Å². The molecule has 4 heteroatoms. The van der Waals surface area contributed by atoms with E-state index in [1.165, 1.54) is 12.8 Å².